The number of carboxylic acid groups (broad SMARTS) is 1. The fourth-order valence-electron chi connectivity index (χ4n) is 1.97. The van der Waals surface area contributed by atoms with Crippen LogP contribution in [-0.2, 0) is 9.22 Å². The van der Waals surface area contributed by atoms with Gasteiger partial charge in [0.1, 0.15) is 0 Å². The van der Waals surface area contributed by atoms with Gasteiger partial charge in [0.25, 0.3) is 0 Å². The molecule has 0 fully saturated rings. The molecule has 0 heterocycles. The van der Waals surface area contributed by atoms with Crippen LogP contribution in [-0.4, -0.2) is 32.0 Å². The molecular weight excluding hydrogens is 222 g/mol. The molecule has 0 rings (SSSR count). The topological polar surface area (TPSA) is 72.5 Å². The molecule has 96 valence electrons. The van der Waals surface area contributed by atoms with Crippen LogP contribution in [0.2, 0.25) is 18.1 Å². The molecule has 0 amide bonds. The van der Waals surface area contributed by atoms with Gasteiger partial charge in [-0.3, -0.25) is 4.79 Å². The first kappa shape index (κ1) is 15.6. The predicted octanol–water partition coefficient (Wildman–Crippen LogP) is 2.06. The van der Waals surface area contributed by atoms with Gasteiger partial charge in [-0.1, -0.05) is 20.8 Å². The van der Waals surface area contributed by atoms with Gasteiger partial charge in [0, 0.05) is 6.54 Å². The van der Waals surface area contributed by atoms with Crippen molar-refractivity contribution in [3.05, 3.63) is 0 Å². The highest BCUT2D eigenvalue weighted by Crippen LogP contribution is 2.25. The van der Waals surface area contributed by atoms with Crippen molar-refractivity contribution in [2.24, 2.45) is 11.7 Å². The minimum absolute atomic E-state index is 0.137. The van der Waals surface area contributed by atoms with Crippen molar-refractivity contribution in [1.82, 2.24) is 0 Å². The van der Waals surface area contributed by atoms with Crippen molar-refractivity contribution in [1.29, 1.82) is 0 Å². The van der Waals surface area contributed by atoms with Gasteiger partial charge in [-0.2, -0.15) is 0 Å². The van der Waals surface area contributed by atoms with Crippen molar-refractivity contribution in [3.8, 4) is 0 Å². The van der Waals surface area contributed by atoms with Gasteiger partial charge in [0.2, 0.25) is 0 Å². The lowest BCUT2D eigenvalue weighted by Gasteiger charge is -2.33. The van der Waals surface area contributed by atoms with Crippen LogP contribution >= 0.6 is 0 Å². The Kier molecular flexibility index (Phi) is 6.86. The molecule has 4 nitrogen and oxygen atoms in total. The summed E-state index contributed by atoms with van der Waals surface area (Å²) in [6, 6.07) is 3.09. The summed E-state index contributed by atoms with van der Waals surface area (Å²) in [6.07, 6.45) is -0.283. The monoisotopic (exact) mass is 247 g/mol. The van der Waals surface area contributed by atoms with E-state index in [1.807, 2.05) is 6.92 Å². The molecule has 0 saturated carbocycles. The van der Waals surface area contributed by atoms with E-state index >= 15 is 0 Å². The number of nitrogens with two attached hydrogens (primary N) is 1. The highest BCUT2D eigenvalue weighted by atomic mass is 28.4. The first-order chi connectivity index (χ1) is 7.46. The summed E-state index contributed by atoms with van der Waals surface area (Å²) < 4.78 is 6.08. The molecule has 0 unspecified atom stereocenters. The maximum absolute atomic E-state index is 11.0. The van der Waals surface area contributed by atoms with Crippen LogP contribution < -0.4 is 5.73 Å². The van der Waals surface area contributed by atoms with E-state index in [2.05, 4.69) is 20.8 Å². The van der Waals surface area contributed by atoms with E-state index in [1.165, 1.54) is 0 Å². The summed E-state index contributed by atoms with van der Waals surface area (Å²) in [5.41, 5.74) is 5.47. The second-order valence-corrected chi connectivity index (χ2v) is 8.97. The molecule has 2 atom stereocenters. The number of carbonyl (C=O) groups is 1. The first-order valence-electron chi connectivity index (χ1n) is 6.07. The minimum atomic E-state index is -1.72. The molecule has 0 radical (unpaired) electrons. The molecule has 0 aliphatic heterocycles. The van der Waals surface area contributed by atoms with Gasteiger partial charge in [0.05, 0.1) is 12.0 Å². The van der Waals surface area contributed by atoms with Crippen LogP contribution in [0, 0.1) is 5.92 Å². The van der Waals surface area contributed by atoms with Gasteiger partial charge in [-0.25, -0.2) is 0 Å². The summed E-state index contributed by atoms with van der Waals surface area (Å²) in [4.78, 5) is 11.0. The fraction of sp³-hybridized carbons (Fsp3) is 0.909. The number of rotatable bonds is 8. The molecule has 0 saturated heterocycles. The lowest BCUT2D eigenvalue weighted by Crippen LogP contribution is -2.44. The van der Waals surface area contributed by atoms with Crippen molar-refractivity contribution in [2.75, 3.05) is 6.54 Å². The van der Waals surface area contributed by atoms with Gasteiger partial charge >= 0.3 is 5.97 Å². The van der Waals surface area contributed by atoms with Gasteiger partial charge in [-0.15, -0.1) is 0 Å². The number of hydrogen-bond acceptors (Lipinski definition) is 3. The largest absolute Gasteiger partial charge is 0.481 e. The van der Waals surface area contributed by atoms with E-state index in [0.717, 1.165) is 18.1 Å². The Morgan fingerprint density at radius 2 is 1.75 bits per heavy atom. The molecular formula is C11H25NO3Si. The van der Waals surface area contributed by atoms with E-state index in [1.54, 1.807) is 0 Å². The Hall–Kier alpha value is -0.393. The summed E-state index contributed by atoms with van der Waals surface area (Å²) in [7, 11) is -1.72. The molecule has 0 aromatic heterocycles. The smallest absolute Gasteiger partial charge is 0.310 e. The Morgan fingerprint density at radius 1 is 1.31 bits per heavy atom. The Bertz CT molecular complexity index is 211. The normalized spacial score (nSPS) is 15.8. The van der Waals surface area contributed by atoms with E-state index in [-0.39, 0.29) is 12.6 Å². The summed E-state index contributed by atoms with van der Waals surface area (Å²) in [6.45, 7) is 8.35. The molecule has 0 aliphatic carbocycles. The average Bonchev–Trinajstić information content (AvgIpc) is 2.26. The molecule has 16 heavy (non-hydrogen) atoms. The van der Waals surface area contributed by atoms with Crippen molar-refractivity contribution in [2.45, 2.75) is 51.9 Å². The summed E-state index contributed by atoms with van der Waals surface area (Å²) in [5.74, 6) is -1.45. The average molecular weight is 247 g/mol. The SMILES string of the molecule is CC[Si](CC)(CC)O[C@H](C)[C@H](CN)C(=O)O. The van der Waals surface area contributed by atoms with E-state index in [9.17, 15) is 4.79 Å². The third-order valence-electron chi connectivity index (χ3n) is 3.51. The third kappa shape index (κ3) is 3.88. The van der Waals surface area contributed by atoms with E-state index in [0.29, 0.717) is 0 Å². The molecule has 0 aromatic rings. The fourth-order valence-corrected chi connectivity index (χ4v) is 4.92. The second-order valence-electron chi connectivity index (χ2n) is 4.25. The first-order valence-corrected chi connectivity index (χ1v) is 8.59. The zero-order valence-electron chi connectivity index (χ0n) is 10.8. The van der Waals surface area contributed by atoms with Crippen molar-refractivity contribution >= 4 is 14.3 Å². The molecule has 5 heteroatoms. The Balaban J connectivity index is 4.61. The van der Waals surface area contributed by atoms with Crippen LogP contribution in [0.4, 0.5) is 0 Å². The summed E-state index contributed by atoms with van der Waals surface area (Å²) in [5, 5.41) is 9.01. The quantitative estimate of drug-likeness (QED) is 0.644. The Morgan fingerprint density at radius 3 is 2.00 bits per heavy atom. The maximum atomic E-state index is 11.0. The molecule has 3 N–H and O–H groups in total. The minimum Gasteiger partial charge on any atom is -0.481 e. The van der Waals surface area contributed by atoms with Gasteiger partial charge in [0.15, 0.2) is 8.32 Å². The zero-order chi connectivity index (χ0) is 12.8. The number of hydrogen-bond donors (Lipinski definition) is 2. The van der Waals surface area contributed by atoms with Crippen molar-refractivity contribution < 1.29 is 14.3 Å². The molecule has 0 aliphatic rings. The van der Waals surface area contributed by atoms with Crippen molar-refractivity contribution in [3.63, 3.8) is 0 Å². The number of carboxylic acids is 1. The predicted molar refractivity (Wildman–Crippen MR) is 67.9 cm³/mol. The molecule has 0 bridgehead atoms. The standard InChI is InChI=1S/C11H25NO3Si/c1-5-16(6-2,7-3)15-9(4)10(8-12)11(13)14/h9-10H,5-8,12H2,1-4H3,(H,13,14)/t9-,10+/m1/s1. The molecule has 0 spiro atoms. The second kappa shape index (κ2) is 7.03. The van der Waals surface area contributed by atoms with Gasteiger partial charge < -0.3 is 15.3 Å². The van der Waals surface area contributed by atoms with Crippen LogP contribution in [0.3, 0.4) is 0 Å². The third-order valence-corrected chi connectivity index (χ3v) is 8.24. The lowest BCUT2D eigenvalue weighted by molar-refractivity contribution is -0.144. The van der Waals surface area contributed by atoms with Gasteiger partial charge in [-0.05, 0) is 25.1 Å². The highest BCUT2D eigenvalue weighted by Gasteiger charge is 2.34. The van der Waals surface area contributed by atoms with Crippen LogP contribution in [0.5, 0.6) is 0 Å². The van der Waals surface area contributed by atoms with E-state index < -0.39 is 20.2 Å². The van der Waals surface area contributed by atoms with Crippen LogP contribution in [0.15, 0.2) is 0 Å². The lowest BCUT2D eigenvalue weighted by atomic mass is 10.1. The maximum Gasteiger partial charge on any atom is 0.310 e. The summed E-state index contributed by atoms with van der Waals surface area (Å²) >= 11 is 0. The zero-order valence-corrected chi connectivity index (χ0v) is 11.8. The van der Waals surface area contributed by atoms with Crippen LogP contribution in [0.1, 0.15) is 27.7 Å². The van der Waals surface area contributed by atoms with Crippen LogP contribution in [0.25, 0.3) is 0 Å². The highest BCUT2D eigenvalue weighted by molar-refractivity contribution is 6.73. The molecule has 0 aromatic carbocycles. The van der Waals surface area contributed by atoms with E-state index in [4.69, 9.17) is 15.3 Å². The number of aliphatic carboxylic acids is 1. The Labute approximate surface area is 99.3 Å².